The Kier molecular flexibility index (Phi) is 10.2. The highest BCUT2D eigenvalue weighted by Crippen LogP contribution is 2.27. The number of rotatable bonds is 11. The summed E-state index contributed by atoms with van der Waals surface area (Å²) in [6, 6.07) is 18.2. The molecule has 1 unspecified atom stereocenters. The monoisotopic (exact) mass is 487 g/mol. The van der Waals surface area contributed by atoms with E-state index in [0.717, 1.165) is 11.1 Å². The second-order valence-electron chi connectivity index (χ2n) is 8.32. The summed E-state index contributed by atoms with van der Waals surface area (Å²) in [5, 5.41) is 13.9. The smallest absolute Gasteiger partial charge is 0.334 e. The van der Waals surface area contributed by atoms with Crippen molar-refractivity contribution in [3.8, 4) is 0 Å². The molecule has 1 fully saturated rings. The van der Waals surface area contributed by atoms with Crippen molar-refractivity contribution in [3.63, 3.8) is 0 Å². The fraction of sp³-hybridized carbons (Fsp3) is 0.462. The topological polar surface area (TPSA) is 113 Å². The van der Waals surface area contributed by atoms with Crippen LogP contribution in [0.1, 0.15) is 25.0 Å². The Morgan fingerprint density at radius 2 is 1.63 bits per heavy atom. The van der Waals surface area contributed by atoms with Crippen molar-refractivity contribution in [1.29, 1.82) is 0 Å². The molecule has 1 aliphatic heterocycles. The first kappa shape index (κ1) is 26.8. The number of nitrogens with one attached hydrogen (secondary N) is 1. The minimum Gasteiger partial charge on any atom is -0.467 e. The molecule has 190 valence electrons. The predicted molar refractivity (Wildman–Crippen MR) is 126 cm³/mol. The van der Waals surface area contributed by atoms with E-state index in [-0.39, 0.29) is 19.1 Å². The van der Waals surface area contributed by atoms with Gasteiger partial charge in [-0.15, -0.1) is 0 Å². The molecule has 1 heterocycles. The average Bonchev–Trinajstić information content (AvgIpc) is 2.87. The number of hydrogen-bond acceptors (Lipinski definition) is 8. The molecule has 35 heavy (non-hydrogen) atoms. The summed E-state index contributed by atoms with van der Waals surface area (Å²) in [6.07, 6.45) is -5.03. The van der Waals surface area contributed by atoms with Crippen LogP contribution in [0.5, 0.6) is 0 Å². The van der Waals surface area contributed by atoms with E-state index < -0.39 is 42.7 Å². The molecule has 9 heteroatoms. The molecule has 6 atom stereocenters. The first-order valence-electron chi connectivity index (χ1n) is 11.5. The van der Waals surface area contributed by atoms with E-state index in [1.807, 2.05) is 60.7 Å². The lowest BCUT2D eigenvalue weighted by Gasteiger charge is -2.45. The van der Waals surface area contributed by atoms with Gasteiger partial charge in [0.2, 0.25) is 5.91 Å². The molecule has 0 spiro atoms. The van der Waals surface area contributed by atoms with Gasteiger partial charge in [0, 0.05) is 6.92 Å². The molecule has 0 saturated carbocycles. The molecule has 1 aliphatic rings. The summed E-state index contributed by atoms with van der Waals surface area (Å²) in [5.41, 5.74) is 1.87. The van der Waals surface area contributed by atoms with E-state index in [9.17, 15) is 14.7 Å². The summed E-state index contributed by atoms with van der Waals surface area (Å²) < 4.78 is 28.5. The predicted octanol–water partition coefficient (Wildman–Crippen LogP) is 1.96. The highest BCUT2D eigenvalue weighted by molar-refractivity contribution is 5.74. The highest BCUT2D eigenvalue weighted by Gasteiger charge is 2.48. The van der Waals surface area contributed by atoms with Crippen LogP contribution in [0.3, 0.4) is 0 Å². The van der Waals surface area contributed by atoms with E-state index in [2.05, 4.69) is 5.32 Å². The normalized spacial score (nSPS) is 25.0. The molecule has 1 saturated heterocycles. The number of carbonyl (C=O) groups excluding carboxylic acids is 2. The molecular weight excluding hydrogens is 454 g/mol. The Balaban J connectivity index is 1.78. The number of amides is 1. The largest absolute Gasteiger partial charge is 0.467 e. The van der Waals surface area contributed by atoms with Gasteiger partial charge in [0.05, 0.1) is 26.9 Å². The van der Waals surface area contributed by atoms with Crippen LogP contribution in [0.4, 0.5) is 0 Å². The van der Waals surface area contributed by atoms with Gasteiger partial charge in [0.1, 0.15) is 24.4 Å². The summed E-state index contributed by atoms with van der Waals surface area (Å²) in [6.45, 7) is 3.42. The second-order valence-corrected chi connectivity index (χ2v) is 8.32. The van der Waals surface area contributed by atoms with Crippen molar-refractivity contribution in [1.82, 2.24) is 5.32 Å². The van der Waals surface area contributed by atoms with Gasteiger partial charge in [-0.05, 0) is 18.1 Å². The molecule has 0 aromatic heterocycles. The molecular formula is C26H33NO8. The number of aliphatic hydroxyl groups is 1. The van der Waals surface area contributed by atoms with E-state index >= 15 is 0 Å². The van der Waals surface area contributed by atoms with Crippen LogP contribution in [-0.4, -0.2) is 67.4 Å². The first-order chi connectivity index (χ1) is 16.9. The number of benzene rings is 2. The number of methoxy groups -OCH3 is 1. The maximum absolute atomic E-state index is 12.0. The molecule has 0 aliphatic carbocycles. The SMILES string of the molecule is COC(=O)[C@@H](C)O[C@@H]1[C@H](NC(C)=O)[C@@H](OCc2ccccc2)OC(COCc2ccccc2)[C@H]1O. The van der Waals surface area contributed by atoms with Crippen LogP contribution in [0, 0.1) is 0 Å². The molecule has 9 nitrogen and oxygen atoms in total. The lowest BCUT2D eigenvalue weighted by Crippen LogP contribution is -2.66. The summed E-state index contributed by atoms with van der Waals surface area (Å²) in [4.78, 5) is 24.0. The van der Waals surface area contributed by atoms with Crippen LogP contribution in [0.15, 0.2) is 60.7 Å². The Morgan fingerprint density at radius 3 is 2.20 bits per heavy atom. The summed E-state index contributed by atoms with van der Waals surface area (Å²) >= 11 is 0. The molecule has 2 aromatic rings. The zero-order valence-corrected chi connectivity index (χ0v) is 20.2. The zero-order chi connectivity index (χ0) is 25.2. The van der Waals surface area contributed by atoms with Gasteiger partial charge in [-0.25, -0.2) is 4.79 Å². The number of aliphatic hydroxyl groups excluding tert-OH is 1. The van der Waals surface area contributed by atoms with Crippen molar-refractivity contribution in [2.45, 2.75) is 63.8 Å². The van der Waals surface area contributed by atoms with Crippen LogP contribution in [-0.2, 0) is 46.5 Å². The quantitative estimate of drug-likeness (QED) is 0.463. The van der Waals surface area contributed by atoms with E-state index in [1.165, 1.54) is 21.0 Å². The number of ether oxygens (including phenoxy) is 5. The molecule has 2 N–H and O–H groups in total. The van der Waals surface area contributed by atoms with Crippen LogP contribution in [0.25, 0.3) is 0 Å². The van der Waals surface area contributed by atoms with Gasteiger partial charge in [-0.1, -0.05) is 60.7 Å². The van der Waals surface area contributed by atoms with Gasteiger partial charge in [-0.3, -0.25) is 4.79 Å². The maximum Gasteiger partial charge on any atom is 0.334 e. The van der Waals surface area contributed by atoms with Crippen LogP contribution in [0.2, 0.25) is 0 Å². The third kappa shape index (κ3) is 7.84. The Hall–Kier alpha value is -2.82. The first-order valence-corrected chi connectivity index (χ1v) is 11.5. The lowest BCUT2D eigenvalue weighted by atomic mass is 9.96. The Morgan fingerprint density at radius 1 is 1.03 bits per heavy atom. The van der Waals surface area contributed by atoms with Gasteiger partial charge in [0.15, 0.2) is 12.4 Å². The molecule has 0 bridgehead atoms. The van der Waals surface area contributed by atoms with E-state index in [0.29, 0.717) is 6.61 Å². The van der Waals surface area contributed by atoms with E-state index in [4.69, 9.17) is 23.7 Å². The van der Waals surface area contributed by atoms with Gasteiger partial charge in [0.25, 0.3) is 0 Å². The van der Waals surface area contributed by atoms with Crippen molar-refractivity contribution >= 4 is 11.9 Å². The number of hydrogen-bond donors (Lipinski definition) is 2. The third-order valence-electron chi connectivity index (χ3n) is 5.59. The van der Waals surface area contributed by atoms with Crippen LogP contribution < -0.4 is 5.32 Å². The number of esters is 1. The zero-order valence-electron chi connectivity index (χ0n) is 20.2. The van der Waals surface area contributed by atoms with Crippen molar-refractivity contribution in [2.24, 2.45) is 0 Å². The summed E-state index contributed by atoms with van der Waals surface area (Å²) in [7, 11) is 1.25. The van der Waals surface area contributed by atoms with Crippen LogP contribution >= 0.6 is 0 Å². The van der Waals surface area contributed by atoms with Gasteiger partial charge < -0.3 is 34.1 Å². The van der Waals surface area contributed by atoms with E-state index in [1.54, 1.807) is 0 Å². The van der Waals surface area contributed by atoms with Crippen molar-refractivity contribution < 1.29 is 38.4 Å². The average molecular weight is 488 g/mol. The van der Waals surface area contributed by atoms with Crippen molar-refractivity contribution in [3.05, 3.63) is 71.8 Å². The Bertz CT molecular complexity index is 925. The fourth-order valence-electron chi connectivity index (χ4n) is 3.82. The third-order valence-corrected chi connectivity index (χ3v) is 5.59. The Labute approximate surface area is 205 Å². The maximum atomic E-state index is 12.0. The summed E-state index contributed by atoms with van der Waals surface area (Å²) in [5.74, 6) is -0.971. The highest BCUT2D eigenvalue weighted by atomic mass is 16.7. The molecule has 0 radical (unpaired) electrons. The molecule has 2 aromatic carbocycles. The van der Waals surface area contributed by atoms with Gasteiger partial charge >= 0.3 is 5.97 Å². The molecule has 3 rings (SSSR count). The van der Waals surface area contributed by atoms with Crippen molar-refractivity contribution in [2.75, 3.05) is 13.7 Å². The fourth-order valence-corrected chi connectivity index (χ4v) is 3.82. The number of carbonyl (C=O) groups is 2. The molecule has 1 amide bonds. The van der Waals surface area contributed by atoms with Gasteiger partial charge in [-0.2, -0.15) is 0 Å². The minimum atomic E-state index is -1.22. The standard InChI is InChI=1S/C26H33NO8/c1-17(25(30)31-3)34-24-22(27-18(2)28)26(33-15-20-12-8-5-9-13-20)35-21(23(24)29)16-32-14-19-10-6-4-7-11-19/h4-13,17,21-24,26,29H,14-16H2,1-3H3,(H,27,28)/t17-,21?,22+,23-,24-,26+/m1/s1. The lowest BCUT2D eigenvalue weighted by molar-refractivity contribution is -0.286. The second kappa shape index (κ2) is 13.3. The minimum absolute atomic E-state index is 0.0422.